The predicted octanol–water partition coefficient (Wildman–Crippen LogP) is 1.13. The number of quaternary nitrogens is 1. The summed E-state index contributed by atoms with van der Waals surface area (Å²) in [6.45, 7) is 3.86. The Kier molecular flexibility index (Phi) is 5.18. The maximum atomic E-state index is 12.8. The molecule has 1 saturated carbocycles. The molecule has 0 spiro atoms. The molecule has 1 heterocycles. The normalized spacial score (nSPS) is 27.1. The first kappa shape index (κ1) is 18.3. The second kappa shape index (κ2) is 7.37. The van der Waals surface area contributed by atoms with Crippen LogP contribution in [0, 0.1) is 19.8 Å². The van der Waals surface area contributed by atoms with E-state index >= 15 is 0 Å². The Morgan fingerprint density at radius 3 is 2.58 bits per heavy atom. The van der Waals surface area contributed by atoms with Gasteiger partial charge in [0.05, 0.1) is 5.69 Å². The molecule has 2 fully saturated rings. The van der Waals surface area contributed by atoms with Crippen molar-refractivity contribution in [3.63, 3.8) is 0 Å². The number of aliphatic imine (C=N–C) groups is 1. The number of nitrogens with one attached hydrogen (secondary N) is 1. The molecule has 0 radical (unpaired) electrons. The Hall–Kier alpha value is -2.54. The van der Waals surface area contributed by atoms with E-state index in [1.807, 2.05) is 19.9 Å². The average molecular weight is 357 g/mol. The third kappa shape index (κ3) is 3.53. The fourth-order valence-electron chi connectivity index (χ4n) is 3.41. The molecule has 7 nitrogen and oxygen atoms in total. The van der Waals surface area contributed by atoms with Gasteiger partial charge in [-0.2, -0.15) is 0 Å². The number of nitrogens with zero attached hydrogens (tertiary/aromatic N) is 2. The van der Waals surface area contributed by atoms with E-state index in [0.717, 1.165) is 41.7 Å². The molecular formula is C19H25N4O3+. The number of anilines is 1. The highest BCUT2D eigenvalue weighted by atomic mass is 16.2. The first-order valence-electron chi connectivity index (χ1n) is 9.01. The van der Waals surface area contributed by atoms with Gasteiger partial charge in [0.1, 0.15) is 12.1 Å². The van der Waals surface area contributed by atoms with Crippen molar-refractivity contribution in [2.45, 2.75) is 51.6 Å². The summed E-state index contributed by atoms with van der Waals surface area (Å²) in [6.07, 6.45) is 5.52. The highest BCUT2D eigenvalue weighted by molar-refractivity contribution is 6.32. The van der Waals surface area contributed by atoms with Crippen LogP contribution < -0.4 is 16.0 Å². The lowest BCUT2D eigenvalue weighted by molar-refractivity contribution is -0.428. The number of urea groups is 1. The summed E-state index contributed by atoms with van der Waals surface area (Å²) < 4.78 is 0. The molecule has 138 valence electrons. The summed E-state index contributed by atoms with van der Waals surface area (Å²) in [5.74, 6) is -2.29. The van der Waals surface area contributed by atoms with Gasteiger partial charge in [0.2, 0.25) is 5.91 Å². The summed E-state index contributed by atoms with van der Waals surface area (Å²) in [6, 6.07) is 4.82. The SMILES string of the molecule is Cc1ccc(N2C(=O)NC(=O)[C@@H](C=N[C@H]3CCCC[C@@H]3[NH3+])C2=O)cc1C. The molecule has 0 unspecified atom stereocenters. The van der Waals surface area contributed by atoms with E-state index in [-0.39, 0.29) is 12.1 Å². The molecule has 3 rings (SSSR count). The van der Waals surface area contributed by atoms with Crippen molar-refractivity contribution in [2.24, 2.45) is 10.9 Å². The third-order valence-electron chi connectivity index (χ3n) is 5.25. The van der Waals surface area contributed by atoms with E-state index in [9.17, 15) is 14.4 Å². The molecule has 1 aliphatic heterocycles. The van der Waals surface area contributed by atoms with Gasteiger partial charge in [0.25, 0.3) is 5.91 Å². The topological polar surface area (TPSA) is 106 Å². The van der Waals surface area contributed by atoms with Gasteiger partial charge in [-0.15, -0.1) is 0 Å². The Morgan fingerprint density at radius 2 is 1.88 bits per heavy atom. The van der Waals surface area contributed by atoms with Crippen molar-refractivity contribution in [3.8, 4) is 0 Å². The number of amides is 4. The number of imide groups is 2. The summed E-state index contributed by atoms with van der Waals surface area (Å²) >= 11 is 0. The van der Waals surface area contributed by atoms with Crippen molar-refractivity contribution in [2.75, 3.05) is 4.90 Å². The summed E-state index contributed by atoms with van der Waals surface area (Å²) in [5, 5.41) is 2.26. The molecule has 4 amide bonds. The number of carbonyl (C=O) groups excluding carboxylic acids is 3. The number of hydrogen-bond donors (Lipinski definition) is 2. The van der Waals surface area contributed by atoms with Crippen molar-refractivity contribution in [1.29, 1.82) is 0 Å². The van der Waals surface area contributed by atoms with Crippen LogP contribution in [-0.4, -0.2) is 36.1 Å². The standard InChI is InChI=1S/C19H24N4O3/c1-11-7-8-13(9-12(11)2)23-18(25)14(17(24)22-19(23)26)10-21-16-6-4-3-5-15(16)20/h7-10,14-16H,3-6,20H2,1-2H3,(H,22,24,26)/p+1/t14-,15+,16+/m1/s1. The molecule has 1 saturated heterocycles. The van der Waals surface area contributed by atoms with Crippen LogP contribution in [-0.2, 0) is 9.59 Å². The summed E-state index contributed by atoms with van der Waals surface area (Å²) in [5.41, 5.74) is 6.59. The molecule has 26 heavy (non-hydrogen) atoms. The van der Waals surface area contributed by atoms with Gasteiger partial charge in [-0.25, -0.2) is 9.69 Å². The Labute approximate surface area is 152 Å². The van der Waals surface area contributed by atoms with Gasteiger partial charge in [0.15, 0.2) is 5.92 Å². The Bertz CT molecular complexity index is 774. The number of carbonyl (C=O) groups is 3. The van der Waals surface area contributed by atoms with Gasteiger partial charge in [-0.1, -0.05) is 12.5 Å². The van der Waals surface area contributed by atoms with Crippen molar-refractivity contribution >= 4 is 29.7 Å². The van der Waals surface area contributed by atoms with E-state index < -0.39 is 23.8 Å². The second-order valence-electron chi connectivity index (χ2n) is 7.12. The predicted molar refractivity (Wildman–Crippen MR) is 97.9 cm³/mol. The van der Waals surface area contributed by atoms with Crippen molar-refractivity contribution < 1.29 is 20.1 Å². The zero-order valence-electron chi connectivity index (χ0n) is 15.2. The van der Waals surface area contributed by atoms with Crippen LogP contribution in [0.2, 0.25) is 0 Å². The highest BCUT2D eigenvalue weighted by Gasteiger charge is 2.40. The maximum absolute atomic E-state index is 12.8. The summed E-state index contributed by atoms with van der Waals surface area (Å²) in [4.78, 5) is 42.7. The zero-order chi connectivity index (χ0) is 18.8. The van der Waals surface area contributed by atoms with Crippen LogP contribution in [0.1, 0.15) is 36.8 Å². The van der Waals surface area contributed by atoms with Gasteiger partial charge in [-0.3, -0.25) is 19.9 Å². The fraction of sp³-hybridized carbons (Fsp3) is 0.474. The van der Waals surface area contributed by atoms with Crippen LogP contribution in [0.25, 0.3) is 0 Å². The molecule has 3 atom stereocenters. The molecule has 0 bridgehead atoms. The van der Waals surface area contributed by atoms with Crippen LogP contribution in [0.3, 0.4) is 0 Å². The quantitative estimate of drug-likeness (QED) is 0.625. The minimum Gasteiger partial charge on any atom is -0.353 e. The van der Waals surface area contributed by atoms with E-state index in [4.69, 9.17) is 0 Å². The first-order chi connectivity index (χ1) is 12.4. The van der Waals surface area contributed by atoms with Gasteiger partial charge in [0, 0.05) is 12.6 Å². The lowest BCUT2D eigenvalue weighted by Gasteiger charge is -2.29. The molecule has 7 heteroatoms. The fourth-order valence-corrected chi connectivity index (χ4v) is 3.41. The van der Waals surface area contributed by atoms with E-state index in [1.54, 1.807) is 12.1 Å². The van der Waals surface area contributed by atoms with Crippen molar-refractivity contribution in [3.05, 3.63) is 29.3 Å². The van der Waals surface area contributed by atoms with Gasteiger partial charge >= 0.3 is 6.03 Å². The highest BCUT2D eigenvalue weighted by Crippen LogP contribution is 2.24. The van der Waals surface area contributed by atoms with Gasteiger partial charge in [-0.05, 0) is 49.9 Å². The Morgan fingerprint density at radius 1 is 1.15 bits per heavy atom. The van der Waals surface area contributed by atoms with Crippen LogP contribution >= 0.6 is 0 Å². The molecule has 1 aromatic rings. The molecule has 0 aromatic heterocycles. The van der Waals surface area contributed by atoms with Crippen LogP contribution in [0.15, 0.2) is 23.2 Å². The number of barbiturate groups is 1. The second-order valence-corrected chi connectivity index (χ2v) is 7.12. The lowest BCUT2D eigenvalue weighted by atomic mass is 9.91. The Balaban J connectivity index is 1.84. The van der Waals surface area contributed by atoms with Gasteiger partial charge < -0.3 is 5.73 Å². The minimum atomic E-state index is -1.09. The van der Waals surface area contributed by atoms with E-state index in [1.165, 1.54) is 6.21 Å². The van der Waals surface area contributed by atoms with Crippen LogP contribution in [0.4, 0.5) is 10.5 Å². The summed E-state index contributed by atoms with van der Waals surface area (Å²) in [7, 11) is 0. The third-order valence-corrected chi connectivity index (χ3v) is 5.25. The minimum absolute atomic E-state index is 0.0250. The maximum Gasteiger partial charge on any atom is 0.335 e. The number of hydrogen-bond acceptors (Lipinski definition) is 4. The average Bonchev–Trinajstić information content (AvgIpc) is 2.59. The zero-order valence-corrected chi connectivity index (χ0v) is 15.2. The van der Waals surface area contributed by atoms with E-state index in [0.29, 0.717) is 5.69 Å². The largest absolute Gasteiger partial charge is 0.353 e. The monoisotopic (exact) mass is 357 g/mol. The molecule has 2 aliphatic rings. The van der Waals surface area contributed by atoms with Crippen LogP contribution in [0.5, 0.6) is 0 Å². The lowest BCUT2D eigenvalue weighted by Crippen LogP contribution is -2.66. The molecule has 4 N–H and O–H groups in total. The smallest absolute Gasteiger partial charge is 0.335 e. The molecular weight excluding hydrogens is 332 g/mol. The molecule has 1 aliphatic carbocycles. The number of aryl methyl sites for hydroxylation is 2. The number of benzene rings is 1. The van der Waals surface area contributed by atoms with E-state index in [2.05, 4.69) is 16.0 Å². The van der Waals surface area contributed by atoms with Crippen molar-refractivity contribution in [1.82, 2.24) is 5.32 Å². The number of rotatable bonds is 3. The first-order valence-corrected chi connectivity index (χ1v) is 9.01. The molecule has 1 aromatic carbocycles.